The maximum absolute atomic E-state index is 12.2. The van der Waals surface area contributed by atoms with Crippen LogP contribution in [0.4, 0.5) is 10.8 Å². The SMILES string of the molecule is O=c1oc2ccccc2cc1-c1csc(NN=Cc2cccc([N+](=O)[O-])c2)n1. The quantitative estimate of drug-likeness (QED) is 0.235. The number of thiazole rings is 1. The van der Waals surface area contributed by atoms with Gasteiger partial charge in [-0.1, -0.05) is 30.3 Å². The first-order valence-electron chi connectivity index (χ1n) is 8.12. The van der Waals surface area contributed by atoms with E-state index in [0.717, 1.165) is 5.39 Å². The highest BCUT2D eigenvalue weighted by Gasteiger charge is 2.11. The van der Waals surface area contributed by atoms with E-state index < -0.39 is 10.5 Å². The van der Waals surface area contributed by atoms with Gasteiger partial charge in [0.25, 0.3) is 5.69 Å². The molecular weight excluding hydrogens is 380 g/mol. The van der Waals surface area contributed by atoms with Gasteiger partial charge in [-0.2, -0.15) is 5.10 Å². The molecule has 28 heavy (non-hydrogen) atoms. The molecule has 0 aliphatic carbocycles. The third-order valence-electron chi connectivity index (χ3n) is 3.88. The summed E-state index contributed by atoms with van der Waals surface area (Å²) in [5.74, 6) is 0. The molecular formula is C19H12N4O4S. The molecule has 0 aliphatic heterocycles. The molecule has 0 amide bonds. The summed E-state index contributed by atoms with van der Waals surface area (Å²) in [5.41, 5.74) is 4.24. The average Bonchev–Trinajstić information content (AvgIpc) is 3.16. The van der Waals surface area contributed by atoms with Gasteiger partial charge in [0.1, 0.15) is 5.58 Å². The minimum atomic E-state index is -0.465. The number of rotatable bonds is 5. The predicted molar refractivity (Wildman–Crippen MR) is 108 cm³/mol. The van der Waals surface area contributed by atoms with Crippen LogP contribution < -0.4 is 11.1 Å². The topological polar surface area (TPSA) is 111 Å². The molecule has 1 N–H and O–H groups in total. The highest BCUT2D eigenvalue weighted by atomic mass is 32.1. The molecule has 0 aliphatic rings. The van der Waals surface area contributed by atoms with Crippen molar-refractivity contribution in [3.05, 3.63) is 86.1 Å². The van der Waals surface area contributed by atoms with E-state index in [9.17, 15) is 14.9 Å². The maximum atomic E-state index is 12.2. The van der Waals surface area contributed by atoms with Crippen LogP contribution in [0, 0.1) is 10.1 Å². The average molecular weight is 392 g/mol. The van der Waals surface area contributed by atoms with Crippen LogP contribution in [0.2, 0.25) is 0 Å². The normalized spacial score (nSPS) is 11.1. The van der Waals surface area contributed by atoms with Gasteiger partial charge in [-0.3, -0.25) is 15.5 Å². The summed E-state index contributed by atoms with van der Waals surface area (Å²) in [6.45, 7) is 0. The molecule has 4 rings (SSSR count). The summed E-state index contributed by atoms with van der Waals surface area (Å²) in [7, 11) is 0. The van der Waals surface area contributed by atoms with Gasteiger partial charge < -0.3 is 4.42 Å². The van der Waals surface area contributed by atoms with Gasteiger partial charge in [0.05, 0.1) is 22.4 Å². The zero-order chi connectivity index (χ0) is 19.5. The second-order valence-corrected chi connectivity index (χ2v) is 6.60. The first-order chi connectivity index (χ1) is 13.6. The number of benzene rings is 2. The molecule has 0 saturated heterocycles. The lowest BCUT2D eigenvalue weighted by Crippen LogP contribution is -2.02. The number of anilines is 1. The minimum Gasteiger partial charge on any atom is -0.422 e. The van der Waals surface area contributed by atoms with Crippen molar-refractivity contribution >= 4 is 39.3 Å². The fraction of sp³-hybridized carbons (Fsp3) is 0. The van der Waals surface area contributed by atoms with Gasteiger partial charge in [-0.25, -0.2) is 9.78 Å². The van der Waals surface area contributed by atoms with Crippen molar-refractivity contribution < 1.29 is 9.34 Å². The lowest BCUT2D eigenvalue weighted by Gasteiger charge is -1.99. The fourth-order valence-corrected chi connectivity index (χ4v) is 3.23. The van der Waals surface area contributed by atoms with Gasteiger partial charge >= 0.3 is 5.63 Å². The molecule has 9 heteroatoms. The van der Waals surface area contributed by atoms with Gasteiger partial charge in [0, 0.05) is 28.5 Å². The summed E-state index contributed by atoms with van der Waals surface area (Å²) in [5, 5.41) is 17.9. The van der Waals surface area contributed by atoms with Gasteiger partial charge in [0.15, 0.2) is 0 Å². The molecule has 4 aromatic rings. The van der Waals surface area contributed by atoms with E-state index in [0.29, 0.717) is 27.5 Å². The second kappa shape index (κ2) is 7.41. The number of nitro benzene ring substituents is 1. The summed E-state index contributed by atoms with van der Waals surface area (Å²) in [4.78, 5) is 26.9. The number of para-hydroxylation sites is 1. The Morgan fingerprint density at radius 3 is 2.89 bits per heavy atom. The number of nitrogens with zero attached hydrogens (tertiary/aromatic N) is 3. The molecule has 0 saturated carbocycles. The first kappa shape index (κ1) is 17.6. The van der Waals surface area contributed by atoms with Gasteiger partial charge in [-0.15, -0.1) is 11.3 Å². The molecule has 138 valence electrons. The Morgan fingerprint density at radius 1 is 1.18 bits per heavy atom. The Morgan fingerprint density at radius 2 is 2.04 bits per heavy atom. The standard InChI is InChI=1S/C19H12N4O4S/c24-18-15(9-13-5-1-2-7-17(13)27-18)16-11-28-19(21-16)22-20-10-12-4-3-6-14(8-12)23(25)26/h1-11H,(H,21,22). The highest BCUT2D eigenvalue weighted by molar-refractivity contribution is 7.14. The molecule has 2 aromatic heterocycles. The maximum Gasteiger partial charge on any atom is 0.345 e. The number of aromatic nitrogens is 1. The van der Waals surface area contributed by atoms with E-state index in [2.05, 4.69) is 15.5 Å². The second-order valence-electron chi connectivity index (χ2n) is 5.75. The molecule has 0 spiro atoms. The molecule has 0 fully saturated rings. The zero-order valence-corrected chi connectivity index (χ0v) is 15.1. The van der Waals surface area contributed by atoms with Crippen LogP contribution >= 0.6 is 11.3 Å². The number of nitrogens with one attached hydrogen (secondary N) is 1. The van der Waals surface area contributed by atoms with E-state index in [1.165, 1.54) is 29.7 Å². The van der Waals surface area contributed by atoms with Crippen LogP contribution in [0.5, 0.6) is 0 Å². The molecule has 2 heterocycles. The highest BCUT2D eigenvalue weighted by Crippen LogP contribution is 2.25. The summed E-state index contributed by atoms with van der Waals surface area (Å²) < 4.78 is 5.33. The Hall–Kier alpha value is -3.85. The van der Waals surface area contributed by atoms with Crippen LogP contribution in [0.25, 0.3) is 22.2 Å². The van der Waals surface area contributed by atoms with E-state index in [1.807, 2.05) is 12.1 Å². The lowest BCUT2D eigenvalue weighted by molar-refractivity contribution is -0.384. The lowest BCUT2D eigenvalue weighted by atomic mass is 10.1. The predicted octanol–water partition coefficient (Wildman–Crippen LogP) is 4.27. The molecule has 0 unspecified atom stereocenters. The Kier molecular flexibility index (Phi) is 4.65. The summed E-state index contributed by atoms with van der Waals surface area (Å²) >= 11 is 1.28. The van der Waals surface area contributed by atoms with Crippen LogP contribution in [0.1, 0.15) is 5.56 Å². The first-order valence-corrected chi connectivity index (χ1v) is 9.00. The van der Waals surface area contributed by atoms with Crippen molar-refractivity contribution in [2.45, 2.75) is 0 Å². The van der Waals surface area contributed by atoms with Crippen molar-refractivity contribution in [1.29, 1.82) is 0 Å². The van der Waals surface area contributed by atoms with Crippen molar-refractivity contribution in [2.75, 3.05) is 5.43 Å². The van der Waals surface area contributed by atoms with Crippen molar-refractivity contribution in [1.82, 2.24) is 4.98 Å². The smallest absolute Gasteiger partial charge is 0.345 e. The fourth-order valence-electron chi connectivity index (χ4n) is 2.57. The van der Waals surface area contributed by atoms with E-state index >= 15 is 0 Å². The van der Waals surface area contributed by atoms with Gasteiger partial charge in [0.2, 0.25) is 5.13 Å². The van der Waals surface area contributed by atoms with Crippen molar-refractivity contribution in [3.63, 3.8) is 0 Å². The third kappa shape index (κ3) is 3.64. The van der Waals surface area contributed by atoms with E-state index in [1.54, 1.807) is 35.7 Å². The largest absolute Gasteiger partial charge is 0.422 e. The molecule has 0 atom stereocenters. The Balaban J connectivity index is 1.54. The van der Waals surface area contributed by atoms with Crippen molar-refractivity contribution in [2.24, 2.45) is 5.10 Å². The number of hydrazone groups is 1. The molecule has 0 bridgehead atoms. The monoisotopic (exact) mass is 392 g/mol. The number of hydrogen-bond acceptors (Lipinski definition) is 8. The summed E-state index contributed by atoms with van der Waals surface area (Å²) in [6, 6.07) is 15.1. The summed E-state index contributed by atoms with van der Waals surface area (Å²) in [6.07, 6.45) is 1.46. The van der Waals surface area contributed by atoms with Gasteiger partial charge in [-0.05, 0) is 12.1 Å². The van der Waals surface area contributed by atoms with E-state index in [-0.39, 0.29) is 5.69 Å². The minimum absolute atomic E-state index is 0.0106. The van der Waals surface area contributed by atoms with Crippen molar-refractivity contribution in [3.8, 4) is 11.3 Å². The van der Waals surface area contributed by atoms with E-state index in [4.69, 9.17) is 4.42 Å². The number of hydrogen-bond donors (Lipinski definition) is 1. The Bertz CT molecular complexity index is 1260. The third-order valence-corrected chi connectivity index (χ3v) is 4.62. The zero-order valence-electron chi connectivity index (χ0n) is 14.2. The van der Waals surface area contributed by atoms with Crippen LogP contribution in [-0.2, 0) is 0 Å². The molecule has 8 nitrogen and oxygen atoms in total. The van der Waals surface area contributed by atoms with Crippen LogP contribution in [0.15, 0.2) is 74.3 Å². The molecule has 0 radical (unpaired) electrons. The van der Waals surface area contributed by atoms with Crippen LogP contribution in [-0.4, -0.2) is 16.1 Å². The molecule has 2 aromatic carbocycles. The Labute approximate surface area is 161 Å². The number of fused-ring (bicyclic) bond motifs is 1. The number of nitro groups is 1. The van der Waals surface area contributed by atoms with Crippen LogP contribution in [0.3, 0.4) is 0 Å². The number of non-ortho nitro benzene ring substituents is 1.